The number of anilines is 1. The molecule has 0 saturated carbocycles. The molecule has 1 aliphatic heterocycles. The Balaban J connectivity index is 2.12. The van der Waals surface area contributed by atoms with E-state index in [1.54, 1.807) is 0 Å². The Bertz CT molecular complexity index is 392. The molecule has 1 atom stereocenters. The van der Waals surface area contributed by atoms with Gasteiger partial charge >= 0.3 is 6.03 Å². The molecule has 0 fully saturated rings. The first-order valence-corrected chi connectivity index (χ1v) is 5.52. The SMILES string of the molecule is CNC(C)CN1Cc2ccccc2NC1=O. The molecule has 1 aromatic carbocycles. The normalized spacial score (nSPS) is 16.6. The Morgan fingerprint density at radius 3 is 3.00 bits per heavy atom. The molecule has 0 aromatic heterocycles. The number of carbonyl (C=O) groups excluding carboxylic acids is 1. The fraction of sp³-hybridized carbons (Fsp3) is 0.417. The quantitative estimate of drug-likeness (QED) is 0.811. The van der Waals surface area contributed by atoms with E-state index < -0.39 is 0 Å². The van der Waals surface area contributed by atoms with Crippen molar-refractivity contribution in [3.05, 3.63) is 29.8 Å². The maximum absolute atomic E-state index is 11.8. The lowest BCUT2D eigenvalue weighted by atomic mass is 10.1. The number of nitrogens with one attached hydrogen (secondary N) is 2. The molecule has 4 nitrogen and oxygen atoms in total. The van der Waals surface area contributed by atoms with Crippen LogP contribution in [-0.2, 0) is 6.54 Å². The standard InChI is InChI=1S/C12H17N3O/c1-9(13-2)7-15-8-10-5-3-4-6-11(10)14-12(15)16/h3-6,9,13H,7-8H2,1-2H3,(H,14,16). The van der Waals surface area contributed by atoms with Crippen LogP contribution in [0.5, 0.6) is 0 Å². The molecule has 1 heterocycles. The third kappa shape index (κ3) is 2.17. The smallest absolute Gasteiger partial charge is 0.319 e. The van der Waals surface area contributed by atoms with Crippen LogP contribution in [0.2, 0.25) is 0 Å². The zero-order valence-electron chi connectivity index (χ0n) is 9.66. The molecule has 1 aromatic rings. The summed E-state index contributed by atoms with van der Waals surface area (Å²) in [6, 6.07) is 8.20. The van der Waals surface area contributed by atoms with Crippen molar-refractivity contribution in [2.24, 2.45) is 0 Å². The lowest BCUT2D eigenvalue weighted by Crippen LogP contribution is -2.45. The summed E-state index contributed by atoms with van der Waals surface area (Å²) in [6.07, 6.45) is 0. The molecule has 16 heavy (non-hydrogen) atoms. The van der Waals surface area contributed by atoms with E-state index >= 15 is 0 Å². The molecule has 2 N–H and O–H groups in total. The number of carbonyl (C=O) groups is 1. The number of urea groups is 1. The van der Waals surface area contributed by atoms with Crippen molar-refractivity contribution >= 4 is 11.7 Å². The van der Waals surface area contributed by atoms with E-state index in [9.17, 15) is 4.79 Å². The number of likely N-dealkylation sites (N-methyl/N-ethyl adjacent to an activating group) is 1. The van der Waals surface area contributed by atoms with E-state index in [0.717, 1.165) is 12.2 Å². The Morgan fingerprint density at radius 2 is 2.25 bits per heavy atom. The minimum absolute atomic E-state index is 0.0131. The van der Waals surface area contributed by atoms with Gasteiger partial charge in [-0.3, -0.25) is 0 Å². The van der Waals surface area contributed by atoms with Gasteiger partial charge in [0.1, 0.15) is 0 Å². The van der Waals surface area contributed by atoms with Crippen LogP contribution in [0, 0.1) is 0 Å². The van der Waals surface area contributed by atoms with E-state index in [1.807, 2.05) is 36.2 Å². The molecule has 2 amide bonds. The van der Waals surface area contributed by atoms with E-state index in [4.69, 9.17) is 0 Å². The van der Waals surface area contributed by atoms with Crippen molar-refractivity contribution in [1.82, 2.24) is 10.2 Å². The third-order valence-electron chi connectivity index (χ3n) is 2.89. The van der Waals surface area contributed by atoms with Gasteiger partial charge in [0.25, 0.3) is 0 Å². The molecule has 2 rings (SSSR count). The zero-order valence-corrected chi connectivity index (χ0v) is 9.66. The second-order valence-corrected chi connectivity index (χ2v) is 4.16. The van der Waals surface area contributed by atoms with Gasteiger partial charge in [0.05, 0.1) is 0 Å². The predicted molar refractivity (Wildman–Crippen MR) is 64.4 cm³/mol. The van der Waals surface area contributed by atoms with Gasteiger partial charge in [-0.05, 0) is 25.6 Å². The molecule has 0 aliphatic carbocycles. The Morgan fingerprint density at radius 1 is 1.50 bits per heavy atom. The van der Waals surface area contributed by atoms with Crippen molar-refractivity contribution in [1.29, 1.82) is 0 Å². The monoisotopic (exact) mass is 219 g/mol. The van der Waals surface area contributed by atoms with Gasteiger partial charge in [-0.2, -0.15) is 0 Å². The van der Waals surface area contributed by atoms with Crippen LogP contribution in [0.25, 0.3) is 0 Å². The summed E-state index contributed by atoms with van der Waals surface area (Å²) in [7, 11) is 1.90. The topological polar surface area (TPSA) is 44.4 Å². The largest absolute Gasteiger partial charge is 0.322 e. The Kier molecular flexibility index (Phi) is 3.10. The fourth-order valence-electron chi connectivity index (χ4n) is 1.82. The lowest BCUT2D eigenvalue weighted by Gasteiger charge is -2.31. The number of para-hydroxylation sites is 1. The molecule has 86 valence electrons. The van der Waals surface area contributed by atoms with Crippen LogP contribution in [0.4, 0.5) is 10.5 Å². The van der Waals surface area contributed by atoms with Gasteiger partial charge in [-0.25, -0.2) is 4.79 Å². The second kappa shape index (κ2) is 4.53. The summed E-state index contributed by atoms with van der Waals surface area (Å²) in [5.74, 6) is 0. The minimum Gasteiger partial charge on any atom is -0.319 e. The zero-order chi connectivity index (χ0) is 11.5. The average molecular weight is 219 g/mol. The van der Waals surface area contributed by atoms with Crippen LogP contribution < -0.4 is 10.6 Å². The number of nitrogens with zero attached hydrogens (tertiary/aromatic N) is 1. The molecule has 0 saturated heterocycles. The van der Waals surface area contributed by atoms with Gasteiger partial charge < -0.3 is 15.5 Å². The number of benzene rings is 1. The van der Waals surface area contributed by atoms with Crippen molar-refractivity contribution in [2.45, 2.75) is 19.5 Å². The predicted octanol–water partition coefficient (Wildman–Crippen LogP) is 1.64. The number of amides is 2. The number of rotatable bonds is 3. The Labute approximate surface area is 95.6 Å². The summed E-state index contributed by atoms with van der Waals surface area (Å²) in [4.78, 5) is 13.6. The average Bonchev–Trinajstić information content (AvgIpc) is 2.30. The van der Waals surface area contributed by atoms with Crippen molar-refractivity contribution in [2.75, 3.05) is 18.9 Å². The van der Waals surface area contributed by atoms with Gasteiger partial charge in [0.15, 0.2) is 0 Å². The molecule has 0 spiro atoms. The first-order chi connectivity index (χ1) is 7.70. The van der Waals surface area contributed by atoms with Crippen molar-refractivity contribution < 1.29 is 4.79 Å². The highest BCUT2D eigenvalue weighted by molar-refractivity contribution is 5.92. The number of hydrogen-bond acceptors (Lipinski definition) is 2. The molecule has 4 heteroatoms. The van der Waals surface area contributed by atoms with Crippen molar-refractivity contribution in [3.63, 3.8) is 0 Å². The maximum Gasteiger partial charge on any atom is 0.322 e. The minimum atomic E-state index is -0.0131. The molecule has 0 bridgehead atoms. The highest BCUT2D eigenvalue weighted by Gasteiger charge is 2.22. The number of fused-ring (bicyclic) bond motifs is 1. The fourth-order valence-corrected chi connectivity index (χ4v) is 1.82. The van der Waals surface area contributed by atoms with E-state index in [-0.39, 0.29) is 6.03 Å². The molecular formula is C12H17N3O. The highest BCUT2D eigenvalue weighted by Crippen LogP contribution is 2.22. The summed E-state index contributed by atoms with van der Waals surface area (Å²) < 4.78 is 0. The molecule has 1 unspecified atom stereocenters. The van der Waals surface area contributed by atoms with Gasteiger partial charge in [0.2, 0.25) is 0 Å². The van der Waals surface area contributed by atoms with Crippen LogP contribution in [0.15, 0.2) is 24.3 Å². The Hall–Kier alpha value is -1.55. The van der Waals surface area contributed by atoms with Gasteiger partial charge in [-0.15, -0.1) is 0 Å². The van der Waals surface area contributed by atoms with Crippen LogP contribution in [-0.4, -0.2) is 30.6 Å². The lowest BCUT2D eigenvalue weighted by molar-refractivity contribution is 0.201. The van der Waals surface area contributed by atoms with Crippen LogP contribution in [0.1, 0.15) is 12.5 Å². The molecule has 1 aliphatic rings. The van der Waals surface area contributed by atoms with Crippen LogP contribution >= 0.6 is 0 Å². The summed E-state index contributed by atoms with van der Waals surface area (Å²) in [6.45, 7) is 3.47. The maximum atomic E-state index is 11.8. The van der Waals surface area contributed by atoms with Crippen LogP contribution in [0.3, 0.4) is 0 Å². The molecule has 0 radical (unpaired) electrons. The van der Waals surface area contributed by atoms with Gasteiger partial charge in [0, 0.05) is 24.8 Å². The van der Waals surface area contributed by atoms with E-state index in [1.165, 1.54) is 5.56 Å². The number of hydrogen-bond donors (Lipinski definition) is 2. The summed E-state index contributed by atoms with van der Waals surface area (Å²) in [5, 5.41) is 6.03. The molecular weight excluding hydrogens is 202 g/mol. The van der Waals surface area contributed by atoms with E-state index in [2.05, 4.69) is 17.6 Å². The summed E-state index contributed by atoms with van der Waals surface area (Å²) in [5.41, 5.74) is 2.10. The van der Waals surface area contributed by atoms with Gasteiger partial charge in [-0.1, -0.05) is 18.2 Å². The first-order valence-electron chi connectivity index (χ1n) is 5.52. The summed E-state index contributed by atoms with van der Waals surface area (Å²) >= 11 is 0. The first kappa shape index (κ1) is 11.0. The van der Waals surface area contributed by atoms with Crippen molar-refractivity contribution in [3.8, 4) is 0 Å². The third-order valence-corrected chi connectivity index (χ3v) is 2.89. The van der Waals surface area contributed by atoms with E-state index in [0.29, 0.717) is 12.6 Å². The highest BCUT2D eigenvalue weighted by atomic mass is 16.2. The second-order valence-electron chi connectivity index (χ2n) is 4.16.